The van der Waals surface area contributed by atoms with Gasteiger partial charge in [-0.15, -0.1) is 0 Å². The van der Waals surface area contributed by atoms with E-state index in [2.05, 4.69) is 20.7 Å². The molecule has 0 spiro atoms. The number of nitrogens with zero attached hydrogens (tertiary/aromatic N) is 3. The number of aromatic nitrogens is 1. The molecule has 5 nitrogen and oxygen atoms in total. The fraction of sp³-hybridized carbons (Fsp3) is 0.500. The summed E-state index contributed by atoms with van der Waals surface area (Å²) in [7, 11) is -1.22. The van der Waals surface area contributed by atoms with E-state index in [1.54, 1.807) is 12.1 Å². The number of hydrogen-bond acceptors (Lipinski definition) is 4. The molecule has 3 heterocycles. The molecule has 2 aliphatic heterocycles. The zero-order valence-electron chi connectivity index (χ0n) is 9.93. The van der Waals surface area contributed by atoms with Crippen LogP contribution in [0.5, 0.6) is 0 Å². The van der Waals surface area contributed by atoms with E-state index in [4.69, 9.17) is 5.26 Å². The minimum atomic E-state index is -1.22. The van der Waals surface area contributed by atoms with Crippen LogP contribution in [-0.4, -0.2) is 28.3 Å². The van der Waals surface area contributed by atoms with Crippen molar-refractivity contribution in [3.63, 3.8) is 0 Å². The Balaban J connectivity index is 2.11. The van der Waals surface area contributed by atoms with Crippen LogP contribution in [0.4, 0.5) is 5.82 Å². The van der Waals surface area contributed by atoms with Crippen molar-refractivity contribution < 1.29 is 4.21 Å². The van der Waals surface area contributed by atoms with Gasteiger partial charge in [-0.2, -0.15) is 5.26 Å². The molecule has 0 bridgehead atoms. The number of pyridine rings is 1. The predicted molar refractivity (Wildman–Crippen MR) is 68.3 cm³/mol. The molecule has 0 amide bonds. The first-order valence-electron chi connectivity index (χ1n) is 6.12. The Labute approximate surface area is 108 Å². The molecular weight excluding hydrogens is 248 g/mol. The lowest BCUT2D eigenvalue weighted by atomic mass is 10.0. The molecule has 0 aromatic carbocycles. The first kappa shape index (κ1) is 11.6. The topological polar surface area (TPSA) is 69.0 Å². The first-order chi connectivity index (χ1) is 8.79. The third-order valence-corrected chi connectivity index (χ3v) is 4.65. The van der Waals surface area contributed by atoms with Crippen LogP contribution in [-0.2, 0) is 11.0 Å². The van der Waals surface area contributed by atoms with Crippen molar-refractivity contribution in [2.24, 2.45) is 0 Å². The first-order valence-corrected chi connectivity index (χ1v) is 7.27. The van der Waals surface area contributed by atoms with Gasteiger partial charge in [0.2, 0.25) is 0 Å². The van der Waals surface area contributed by atoms with E-state index in [0.29, 0.717) is 23.2 Å². The second-order valence-electron chi connectivity index (χ2n) is 4.59. The van der Waals surface area contributed by atoms with Crippen molar-refractivity contribution in [1.82, 2.24) is 9.71 Å². The van der Waals surface area contributed by atoms with Crippen LogP contribution in [0.1, 0.15) is 25.0 Å². The Morgan fingerprint density at radius 1 is 1.50 bits per heavy atom. The highest BCUT2D eigenvalue weighted by atomic mass is 32.2. The average Bonchev–Trinajstić information content (AvgIpc) is 2.57. The minimum Gasteiger partial charge on any atom is -0.351 e. The van der Waals surface area contributed by atoms with E-state index in [-0.39, 0.29) is 0 Å². The number of nitrogens with one attached hydrogen (secondary N) is 1. The van der Waals surface area contributed by atoms with Crippen molar-refractivity contribution in [1.29, 1.82) is 5.26 Å². The largest absolute Gasteiger partial charge is 0.351 e. The Morgan fingerprint density at radius 3 is 3.22 bits per heavy atom. The molecule has 1 N–H and O–H groups in total. The molecule has 1 aromatic heterocycles. The smallest absolute Gasteiger partial charge is 0.148 e. The van der Waals surface area contributed by atoms with Gasteiger partial charge in [-0.25, -0.2) is 13.9 Å². The van der Waals surface area contributed by atoms with E-state index < -0.39 is 11.0 Å². The highest BCUT2D eigenvalue weighted by molar-refractivity contribution is 7.83. The summed E-state index contributed by atoms with van der Waals surface area (Å²) in [5, 5.41) is 8.95. The van der Waals surface area contributed by atoms with Gasteiger partial charge in [-0.1, -0.05) is 0 Å². The maximum Gasteiger partial charge on any atom is 0.148 e. The maximum absolute atomic E-state index is 12.1. The Morgan fingerprint density at radius 2 is 2.39 bits per heavy atom. The Bertz CT molecular complexity index is 539. The lowest BCUT2D eigenvalue weighted by Crippen LogP contribution is -2.44. The predicted octanol–water partition coefficient (Wildman–Crippen LogP) is 0.938. The van der Waals surface area contributed by atoms with Crippen LogP contribution in [0.15, 0.2) is 17.0 Å². The standard InChI is InChI=1S/C12H14N4OS/c13-7-9-4-5-11-12(15-9)16-6-2-1-3-10(16)8-14-18(11)17/h4-5,10,14H,1-3,6,8H2. The molecule has 18 heavy (non-hydrogen) atoms. The van der Waals surface area contributed by atoms with Crippen molar-refractivity contribution in [2.75, 3.05) is 18.0 Å². The normalized spacial score (nSPS) is 26.7. The van der Waals surface area contributed by atoms with E-state index >= 15 is 0 Å². The second-order valence-corrected chi connectivity index (χ2v) is 5.86. The van der Waals surface area contributed by atoms with Gasteiger partial charge in [0.05, 0.1) is 4.90 Å². The van der Waals surface area contributed by atoms with Gasteiger partial charge >= 0.3 is 0 Å². The lowest BCUT2D eigenvalue weighted by Gasteiger charge is -2.35. The van der Waals surface area contributed by atoms with Crippen LogP contribution < -0.4 is 9.62 Å². The Hall–Kier alpha value is -1.45. The highest BCUT2D eigenvalue weighted by Crippen LogP contribution is 2.30. The molecule has 0 radical (unpaired) electrons. The fourth-order valence-electron chi connectivity index (χ4n) is 2.59. The van der Waals surface area contributed by atoms with E-state index in [0.717, 1.165) is 25.2 Å². The number of piperidine rings is 1. The summed E-state index contributed by atoms with van der Waals surface area (Å²) in [6.45, 7) is 1.64. The van der Waals surface area contributed by atoms with Gasteiger partial charge in [0.1, 0.15) is 28.6 Å². The number of nitriles is 1. The summed E-state index contributed by atoms with van der Waals surface area (Å²) in [4.78, 5) is 7.26. The molecule has 0 aliphatic carbocycles. The quantitative estimate of drug-likeness (QED) is 0.755. The molecule has 1 aromatic rings. The number of rotatable bonds is 0. The van der Waals surface area contributed by atoms with Crippen molar-refractivity contribution in [3.8, 4) is 6.07 Å². The van der Waals surface area contributed by atoms with Crippen LogP contribution in [0.25, 0.3) is 0 Å². The molecule has 0 saturated carbocycles. The Kier molecular flexibility index (Phi) is 3.02. The highest BCUT2D eigenvalue weighted by Gasteiger charge is 2.30. The molecule has 6 heteroatoms. The number of hydrogen-bond donors (Lipinski definition) is 1. The summed E-state index contributed by atoms with van der Waals surface area (Å²) in [5.41, 5.74) is 0.386. The molecule has 2 unspecified atom stereocenters. The molecule has 3 rings (SSSR count). The molecule has 1 fully saturated rings. The van der Waals surface area contributed by atoms with Gasteiger partial charge in [-0.3, -0.25) is 0 Å². The molecule has 2 atom stereocenters. The number of fused-ring (bicyclic) bond motifs is 3. The zero-order chi connectivity index (χ0) is 12.5. The van der Waals surface area contributed by atoms with Gasteiger partial charge in [0, 0.05) is 19.1 Å². The average molecular weight is 262 g/mol. The van der Waals surface area contributed by atoms with Crippen LogP contribution in [0.2, 0.25) is 0 Å². The molecule has 94 valence electrons. The molecule has 2 aliphatic rings. The van der Waals surface area contributed by atoms with E-state index in [9.17, 15) is 4.21 Å². The third-order valence-electron chi connectivity index (χ3n) is 3.50. The number of anilines is 1. The fourth-order valence-corrected chi connectivity index (χ4v) is 3.61. The van der Waals surface area contributed by atoms with Crippen molar-refractivity contribution in [3.05, 3.63) is 17.8 Å². The van der Waals surface area contributed by atoms with Crippen LogP contribution in [0, 0.1) is 11.3 Å². The van der Waals surface area contributed by atoms with E-state index in [1.807, 2.05) is 0 Å². The summed E-state index contributed by atoms with van der Waals surface area (Å²) in [5.74, 6) is 0.724. The molecular formula is C12H14N4OS. The third kappa shape index (κ3) is 1.89. The maximum atomic E-state index is 12.1. The summed E-state index contributed by atoms with van der Waals surface area (Å²) in [6, 6.07) is 5.77. The summed E-state index contributed by atoms with van der Waals surface area (Å²) >= 11 is 0. The molecule has 1 saturated heterocycles. The summed E-state index contributed by atoms with van der Waals surface area (Å²) in [6.07, 6.45) is 3.41. The van der Waals surface area contributed by atoms with Crippen LogP contribution in [0.3, 0.4) is 0 Å². The van der Waals surface area contributed by atoms with Crippen molar-refractivity contribution >= 4 is 16.8 Å². The summed E-state index contributed by atoms with van der Waals surface area (Å²) < 4.78 is 15.1. The zero-order valence-corrected chi connectivity index (χ0v) is 10.7. The van der Waals surface area contributed by atoms with Gasteiger partial charge in [0.25, 0.3) is 0 Å². The van der Waals surface area contributed by atoms with Crippen LogP contribution >= 0.6 is 0 Å². The second kappa shape index (κ2) is 4.67. The van der Waals surface area contributed by atoms with Gasteiger partial charge < -0.3 is 4.90 Å². The van der Waals surface area contributed by atoms with E-state index in [1.165, 1.54) is 6.42 Å². The minimum absolute atomic E-state index is 0.338. The van der Waals surface area contributed by atoms with Crippen molar-refractivity contribution in [2.45, 2.75) is 30.2 Å². The SMILES string of the molecule is N#Cc1ccc2c(n1)N1CCCCC1CNS2=O. The monoisotopic (exact) mass is 262 g/mol. The van der Waals surface area contributed by atoms with Gasteiger partial charge in [0.15, 0.2) is 0 Å². The van der Waals surface area contributed by atoms with Gasteiger partial charge in [-0.05, 0) is 31.4 Å². The lowest BCUT2D eigenvalue weighted by molar-refractivity contribution is 0.455.